The van der Waals surface area contributed by atoms with Crippen molar-refractivity contribution in [2.75, 3.05) is 13.1 Å². The van der Waals surface area contributed by atoms with Gasteiger partial charge in [0, 0.05) is 11.5 Å². The summed E-state index contributed by atoms with van der Waals surface area (Å²) in [4.78, 5) is 12.8. The summed E-state index contributed by atoms with van der Waals surface area (Å²) in [5, 5.41) is 7.96. The summed E-state index contributed by atoms with van der Waals surface area (Å²) in [5.41, 5.74) is 0.248. The zero-order valence-corrected chi connectivity index (χ0v) is 11.9. The van der Waals surface area contributed by atoms with Gasteiger partial charge in [0.1, 0.15) is 5.69 Å². The highest BCUT2D eigenvalue weighted by Gasteiger charge is 2.38. The number of carbonyl (C=O) groups is 1. The SMILES string of the molecule is CC(C)n1ncc(Cl)c1C(=O)C1(C)CCNCC1. The van der Waals surface area contributed by atoms with E-state index in [-0.39, 0.29) is 17.2 Å². The fraction of sp³-hybridized carbons (Fsp3) is 0.692. The minimum Gasteiger partial charge on any atom is -0.317 e. The maximum absolute atomic E-state index is 12.8. The van der Waals surface area contributed by atoms with Crippen molar-refractivity contribution in [1.29, 1.82) is 0 Å². The number of halogens is 1. The first kappa shape index (κ1) is 13.6. The Labute approximate surface area is 113 Å². The maximum Gasteiger partial charge on any atom is 0.188 e. The lowest BCUT2D eigenvalue weighted by molar-refractivity contribution is 0.0748. The first-order valence-electron chi connectivity index (χ1n) is 6.44. The van der Waals surface area contributed by atoms with Crippen LogP contribution in [-0.2, 0) is 0 Å². The Morgan fingerprint density at radius 1 is 1.50 bits per heavy atom. The van der Waals surface area contributed by atoms with Crippen molar-refractivity contribution in [3.63, 3.8) is 0 Å². The molecule has 1 aromatic rings. The standard InChI is InChI=1S/C13H20ClN3O/c1-9(2)17-11(10(14)8-16-17)12(18)13(3)4-6-15-7-5-13/h8-9,15H,4-7H2,1-3H3. The summed E-state index contributed by atoms with van der Waals surface area (Å²) in [6, 6.07) is 0.141. The molecule has 1 aliphatic heterocycles. The van der Waals surface area contributed by atoms with Crippen LogP contribution < -0.4 is 5.32 Å². The second-order valence-corrected chi connectivity index (χ2v) is 5.93. The molecule has 1 N–H and O–H groups in total. The second-order valence-electron chi connectivity index (χ2n) is 5.52. The zero-order chi connectivity index (χ0) is 13.3. The molecule has 1 saturated heterocycles. The third kappa shape index (κ3) is 2.31. The van der Waals surface area contributed by atoms with Gasteiger partial charge >= 0.3 is 0 Å². The van der Waals surface area contributed by atoms with Crippen LogP contribution in [0.1, 0.15) is 50.1 Å². The largest absolute Gasteiger partial charge is 0.317 e. The second kappa shape index (κ2) is 5.02. The smallest absolute Gasteiger partial charge is 0.188 e. The number of hydrogen-bond acceptors (Lipinski definition) is 3. The van der Waals surface area contributed by atoms with E-state index in [0.717, 1.165) is 25.9 Å². The average molecular weight is 270 g/mol. The van der Waals surface area contributed by atoms with Gasteiger partial charge in [-0.1, -0.05) is 18.5 Å². The van der Waals surface area contributed by atoms with Crippen LogP contribution in [0.5, 0.6) is 0 Å². The van der Waals surface area contributed by atoms with Crippen molar-refractivity contribution in [2.45, 2.75) is 39.7 Å². The monoisotopic (exact) mass is 269 g/mol. The molecule has 0 bridgehead atoms. The van der Waals surface area contributed by atoms with E-state index in [4.69, 9.17) is 11.6 Å². The Balaban J connectivity index is 2.36. The van der Waals surface area contributed by atoms with Crippen molar-refractivity contribution >= 4 is 17.4 Å². The molecular formula is C13H20ClN3O. The Morgan fingerprint density at radius 3 is 2.67 bits per heavy atom. The molecule has 0 atom stereocenters. The summed E-state index contributed by atoms with van der Waals surface area (Å²) >= 11 is 6.15. The lowest BCUT2D eigenvalue weighted by Crippen LogP contribution is -2.41. The van der Waals surface area contributed by atoms with Crippen LogP contribution >= 0.6 is 11.6 Å². The first-order chi connectivity index (χ1) is 8.46. The zero-order valence-electron chi connectivity index (χ0n) is 11.2. The van der Waals surface area contributed by atoms with Gasteiger partial charge in [0.05, 0.1) is 11.2 Å². The van der Waals surface area contributed by atoms with Crippen molar-refractivity contribution in [3.8, 4) is 0 Å². The quantitative estimate of drug-likeness (QED) is 0.859. The fourth-order valence-electron chi connectivity index (χ4n) is 2.44. The lowest BCUT2D eigenvalue weighted by Gasteiger charge is -2.32. The Morgan fingerprint density at radius 2 is 2.11 bits per heavy atom. The van der Waals surface area contributed by atoms with Crippen LogP contribution in [0.25, 0.3) is 0 Å². The molecule has 0 saturated carbocycles. The van der Waals surface area contributed by atoms with E-state index in [9.17, 15) is 4.79 Å². The van der Waals surface area contributed by atoms with Crippen LogP contribution in [0.15, 0.2) is 6.20 Å². The molecule has 0 spiro atoms. The number of nitrogens with one attached hydrogen (secondary N) is 1. The predicted octanol–water partition coefficient (Wildman–Crippen LogP) is 2.69. The molecule has 0 aliphatic carbocycles. The molecule has 2 rings (SSSR count). The lowest BCUT2D eigenvalue weighted by atomic mass is 9.76. The van der Waals surface area contributed by atoms with Gasteiger partial charge in [-0.05, 0) is 39.8 Å². The maximum atomic E-state index is 12.8. The summed E-state index contributed by atoms with van der Waals surface area (Å²) in [6.45, 7) is 7.81. The molecular weight excluding hydrogens is 250 g/mol. The van der Waals surface area contributed by atoms with Gasteiger partial charge in [0.25, 0.3) is 0 Å². The molecule has 1 fully saturated rings. The number of carbonyl (C=O) groups excluding carboxylic acids is 1. The molecule has 5 heteroatoms. The van der Waals surface area contributed by atoms with Crippen molar-refractivity contribution in [1.82, 2.24) is 15.1 Å². The minimum atomic E-state index is -0.318. The molecule has 0 unspecified atom stereocenters. The average Bonchev–Trinajstić information content (AvgIpc) is 2.71. The van der Waals surface area contributed by atoms with Crippen LogP contribution in [-0.4, -0.2) is 28.7 Å². The molecule has 0 radical (unpaired) electrons. The number of aromatic nitrogens is 2. The van der Waals surface area contributed by atoms with Crippen molar-refractivity contribution in [2.24, 2.45) is 5.41 Å². The third-order valence-electron chi connectivity index (χ3n) is 3.71. The predicted molar refractivity (Wildman–Crippen MR) is 72.2 cm³/mol. The molecule has 100 valence electrons. The number of ketones is 1. The normalized spacial score (nSPS) is 19.2. The first-order valence-corrected chi connectivity index (χ1v) is 6.82. The van der Waals surface area contributed by atoms with Gasteiger partial charge in [-0.25, -0.2) is 0 Å². The number of piperidine rings is 1. The van der Waals surface area contributed by atoms with E-state index in [1.165, 1.54) is 0 Å². The van der Waals surface area contributed by atoms with Crippen LogP contribution in [0.3, 0.4) is 0 Å². The van der Waals surface area contributed by atoms with Crippen molar-refractivity contribution < 1.29 is 4.79 Å². The number of nitrogens with zero attached hydrogens (tertiary/aromatic N) is 2. The fourth-order valence-corrected chi connectivity index (χ4v) is 2.65. The molecule has 4 nitrogen and oxygen atoms in total. The van der Waals surface area contributed by atoms with E-state index < -0.39 is 0 Å². The number of rotatable bonds is 3. The van der Waals surface area contributed by atoms with E-state index in [0.29, 0.717) is 10.7 Å². The molecule has 2 heterocycles. The Bertz CT molecular complexity index is 447. The van der Waals surface area contributed by atoms with E-state index >= 15 is 0 Å². The molecule has 1 aliphatic rings. The van der Waals surface area contributed by atoms with E-state index in [1.54, 1.807) is 10.9 Å². The van der Waals surface area contributed by atoms with Gasteiger partial charge in [-0.15, -0.1) is 0 Å². The van der Waals surface area contributed by atoms with Crippen LogP contribution in [0.2, 0.25) is 5.02 Å². The Kier molecular flexibility index (Phi) is 3.78. The number of Topliss-reactive ketones (excluding diaryl/α,β-unsaturated/α-hetero) is 1. The van der Waals surface area contributed by atoms with Crippen LogP contribution in [0, 0.1) is 5.41 Å². The Hall–Kier alpha value is -0.870. The van der Waals surface area contributed by atoms with Gasteiger partial charge in [-0.2, -0.15) is 5.10 Å². The van der Waals surface area contributed by atoms with E-state index in [1.807, 2.05) is 20.8 Å². The summed E-state index contributed by atoms with van der Waals surface area (Å²) < 4.78 is 1.73. The van der Waals surface area contributed by atoms with Crippen molar-refractivity contribution in [3.05, 3.63) is 16.9 Å². The molecule has 18 heavy (non-hydrogen) atoms. The van der Waals surface area contributed by atoms with Gasteiger partial charge in [0.15, 0.2) is 5.78 Å². The summed E-state index contributed by atoms with van der Waals surface area (Å²) in [6.07, 6.45) is 3.27. The van der Waals surface area contributed by atoms with Gasteiger partial charge in [0.2, 0.25) is 0 Å². The summed E-state index contributed by atoms with van der Waals surface area (Å²) in [7, 11) is 0. The van der Waals surface area contributed by atoms with Crippen LogP contribution in [0.4, 0.5) is 0 Å². The highest BCUT2D eigenvalue weighted by molar-refractivity contribution is 6.33. The molecule has 0 aromatic carbocycles. The van der Waals surface area contributed by atoms with E-state index in [2.05, 4.69) is 10.4 Å². The third-order valence-corrected chi connectivity index (χ3v) is 3.99. The summed E-state index contributed by atoms with van der Waals surface area (Å²) in [5.74, 6) is 0.125. The van der Waals surface area contributed by atoms with Gasteiger partial charge in [-0.3, -0.25) is 9.48 Å². The minimum absolute atomic E-state index is 0.125. The molecule has 1 aromatic heterocycles. The highest BCUT2D eigenvalue weighted by atomic mass is 35.5. The highest BCUT2D eigenvalue weighted by Crippen LogP contribution is 2.34. The number of hydrogen-bond donors (Lipinski definition) is 1. The van der Waals surface area contributed by atoms with Gasteiger partial charge < -0.3 is 5.32 Å². The topological polar surface area (TPSA) is 46.9 Å². The molecule has 0 amide bonds.